The van der Waals surface area contributed by atoms with Crippen LogP contribution in [0.2, 0.25) is 0 Å². The third kappa shape index (κ3) is 2.44. The zero-order chi connectivity index (χ0) is 13.3. The van der Waals surface area contributed by atoms with Gasteiger partial charge in [-0.1, -0.05) is 6.92 Å². The number of likely N-dealkylation sites (N-methyl/N-ethyl adjacent to an activating group) is 1. The van der Waals surface area contributed by atoms with E-state index in [1.165, 1.54) is 6.07 Å². The lowest BCUT2D eigenvalue weighted by atomic mass is 10.1. The van der Waals surface area contributed by atoms with Crippen LogP contribution in [0, 0.1) is 0 Å². The summed E-state index contributed by atoms with van der Waals surface area (Å²) in [4.78, 5) is 2.24. The van der Waals surface area contributed by atoms with Gasteiger partial charge in [0.15, 0.2) is 0 Å². The van der Waals surface area contributed by atoms with Crippen molar-refractivity contribution < 1.29 is 13.2 Å². The molecule has 1 aliphatic heterocycles. The summed E-state index contributed by atoms with van der Waals surface area (Å²) >= 11 is 0. The summed E-state index contributed by atoms with van der Waals surface area (Å²) in [6.07, 6.45) is 1.07. The molecule has 18 heavy (non-hydrogen) atoms. The molecule has 0 spiro atoms. The zero-order valence-corrected chi connectivity index (χ0v) is 11.4. The van der Waals surface area contributed by atoms with Crippen molar-refractivity contribution in [1.29, 1.82) is 0 Å². The van der Waals surface area contributed by atoms with Gasteiger partial charge in [-0.05, 0) is 31.5 Å². The second-order valence-corrected chi connectivity index (χ2v) is 5.92. The van der Waals surface area contributed by atoms with Crippen molar-refractivity contribution in [3.8, 4) is 5.75 Å². The molecule has 0 radical (unpaired) electrons. The molecule has 0 bridgehead atoms. The Bertz CT molecular complexity index is 542. The monoisotopic (exact) mass is 270 g/mol. The number of hydrogen-bond acceptors (Lipinski definition) is 4. The first-order valence-electron chi connectivity index (χ1n) is 6.04. The summed E-state index contributed by atoms with van der Waals surface area (Å²) in [6.45, 7) is 5.68. The Morgan fingerprint density at radius 1 is 1.44 bits per heavy atom. The summed E-state index contributed by atoms with van der Waals surface area (Å²) in [7, 11) is -3.67. The van der Waals surface area contributed by atoms with Crippen LogP contribution in [0.4, 0.5) is 5.69 Å². The van der Waals surface area contributed by atoms with Gasteiger partial charge in [-0.3, -0.25) is 0 Å². The molecule has 0 aromatic heterocycles. The Morgan fingerprint density at radius 2 is 2.17 bits per heavy atom. The summed E-state index contributed by atoms with van der Waals surface area (Å²) < 4.78 is 28.5. The van der Waals surface area contributed by atoms with E-state index in [4.69, 9.17) is 9.88 Å². The summed E-state index contributed by atoms with van der Waals surface area (Å²) in [5.74, 6) is 0.724. The van der Waals surface area contributed by atoms with Gasteiger partial charge < -0.3 is 9.64 Å². The fourth-order valence-corrected chi connectivity index (χ4v) is 2.63. The number of nitrogens with zero attached hydrogens (tertiary/aromatic N) is 1. The van der Waals surface area contributed by atoms with Gasteiger partial charge in [0.1, 0.15) is 11.9 Å². The molecule has 1 unspecified atom stereocenters. The molecule has 0 amide bonds. The van der Waals surface area contributed by atoms with Crippen LogP contribution in [0.1, 0.15) is 20.3 Å². The largest absolute Gasteiger partial charge is 0.486 e. The second-order valence-electron chi connectivity index (χ2n) is 4.36. The van der Waals surface area contributed by atoms with Crippen molar-refractivity contribution in [3.63, 3.8) is 0 Å². The maximum absolute atomic E-state index is 11.4. The Kier molecular flexibility index (Phi) is 3.49. The van der Waals surface area contributed by atoms with Crippen molar-refractivity contribution in [2.45, 2.75) is 31.3 Å². The number of hydrogen-bond donors (Lipinski definition) is 1. The van der Waals surface area contributed by atoms with Crippen molar-refractivity contribution in [3.05, 3.63) is 18.2 Å². The van der Waals surface area contributed by atoms with Gasteiger partial charge in [0.25, 0.3) is 0 Å². The van der Waals surface area contributed by atoms with E-state index in [2.05, 4.69) is 11.8 Å². The van der Waals surface area contributed by atoms with Crippen LogP contribution in [0.25, 0.3) is 0 Å². The van der Waals surface area contributed by atoms with Crippen LogP contribution in [-0.4, -0.2) is 27.6 Å². The van der Waals surface area contributed by atoms with Gasteiger partial charge >= 0.3 is 0 Å². The fraction of sp³-hybridized carbons (Fsp3) is 0.500. The Labute approximate surface area is 108 Å². The molecule has 5 nitrogen and oxygen atoms in total. The van der Waals surface area contributed by atoms with Crippen LogP contribution in [-0.2, 0) is 10.0 Å². The molecule has 1 atom stereocenters. The van der Waals surface area contributed by atoms with Gasteiger partial charge in [-0.15, -0.1) is 0 Å². The normalized spacial score (nSPS) is 19.3. The molecular weight excluding hydrogens is 252 g/mol. The summed E-state index contributed by atoms with van der Waals surface area (Å²) in [5, 5.41) is 5.14. The quantitative estimate of drug-likeness (QED) is 0.899. The molecule has 0 fully saturated rings. The number of primary sulfonamides is 1. The van der Waals surface area contributed by atoms with E-state index < -0.39 is 10.0 Å². The fourth-order valence-electron chi connectivity index (χ4n) is 2.09. The van der Waals surface area contributed by atoms with Crippen LogP contribution in [0.5, 0.6) is 5.75 Å². The smallest absolute Gasteiger partial charge is 0.238 e. The first kappa shape index (κ1) is 13.2. The molecule has 1 aromatic carbocycles. The molecule has 100 valence electrons. The molecule has 2 rings (SSSR count). The van der Waals surface area contributed by atoms with E-state index in [1.807, 2.05) is 6.92 Å². The number of rotatable bonds is 3. The molecule has 0 saturated carbocycles. The lowest BCUT2D eigenvalue weighted by Gasteiger charge is -2.35. The number of sulfonamides is 1. The SMILES string of the molecule is CCC1CN(CC)c2cc(S(N)(=O)=O)ccc2O1. The molecule has 0 aliphatic carbocycles. The van der Waals surface area contributed by atoms with Crippen LogP contribution in [0.3, 0.4) is 0 Å². The van der Waals surface area contributed by atoms with Gasteiger partial charge in [-0.2, -0.15) is 0 Å². The minimum atomic E-state index is -3.67. The second kappa shape index (κ2) is 4.78. The summed E-state index contributed by atoms with van der Waals surface area (Å²) in [6, 6.07) is 4.75. The lowest BCUT2D eigenvalue weighted by molar-refractivity contribution is 0.189. The van der Waals surface area contributed by atoms with E-state index >= 15 is 0 Å². The van der Waals surface area contributed by atoms with Crippen molar-refractivity contribution >= 4 is 15.7 Å². The number of benzene rings is 1. The van der Waals surface area contributed by atoms with Crippen molar-refractivity contribution in [2.24, 2.45) is 5.14 Å². The molecule has 1 aliphatic rings. The van der Waals surface area contributed by atoms with Crippen molar-refractivity contribution in [1.82, 2.24) is 0 Å². The number of nitrogens with two attached hydrogens (primary N) is 1. The average Bonchev–Trinajstić information content (AvgIpc) is 2.35. The summed E-state index contributed by atoms with van der Waals surface area (Å²) in [5.41, 5.74) is 0.800. The number of anilines is 1. The van der Waals surface area contributed by atoms with Crippen LogP contribution >= 0.6 is 0 Å². The molecule has 1 aromatic rings. The van der Waals surface area contributed by atoms with E-state index in [1.54, 1.807) is 12.1 Å². The average molecular weight is 270 g/mol. The first-order valence-corrected chi connectivity index (χ1v) is 7.58. The minimum Gasteiger partial charge on any atom is -0.486 e. The van der Waals surface area contributed by atoms with Gasteiger partial charge in [0.05, 0.1) is 17.1 Å². The zero-order valence-electron chi connectivity index (χ0n) is 10.6. The minimum absolute atomic E-state index is 0.123. The predicted molar refractivity (Wildman–Crippen MR) is 70.4 cm³/mol. The molecule has 2 N–H and O–H groups in total. The third-order valence-electron chi connectivity index (χ3n) is 3.15. The Morgan fingerprint density at radius 3 is 2.72 bits per heavy atom. The maximum atomic E-state index is 11.4. The molecular formula is C12H18N2O3S. The first-order chi connectivity index (χ1) is 8.45. The van der Waals surface area contributed by atoms with Gasteiger partial charge in [-0.25, -0.2) is 13.6 Å². The predicted octanol–water partition coefficient (Wildman–Crippen LogP) is 1.33. The molecule has 0 saturated heterocycles. The highest BCUT2D eigenvalue weighted by atomic mass is 32.2. The molecule has 6 heteroatoms. The Balaban J connectivity index is 2.46. The van der Waals surface area contributed by atoms with E-state index in [-0.39, 0.29) is 11.0 Å². The topological polar surface area (TPSA) is 72.6 Å². The van der Waals surface area contributed by atoms with Crippen LogP contribution < -0.4 is 14.8 Å². The van der Waals surface area contributed by atoms with Gasteiger partial charge in [0.2, 0.25) is 10.0 Å². The van der Waals surface area contributed by atoms with Crippen molar-refractivity contribution in [2.75, 3.05) is 18.0 Å². The third-order valence-corrected chi connectivity index (χ3v) is 4.07. The highest BCUT2D eigenvalue weighted by Gasteiger charge is 2.25. The molecule has 1 heterocycles. The Hall–Kier alpha value is -1.27. The van der Waals surface area contributed by atoms with E-state index in [9.17, 15) is 8.42 Å². The highest BCUT2D eigenvalue weighted by molar-refractivity contribution is 7.89. The number of fused-ring (bicyclic) bond motifs is 1. The maximum Gasteiger partial charge on any atom is 0.238 e. The standard InChI is InChI=1S/C12H18N2O3S/c1-3-9-8-14(4-2)11-7-10(18(13,15)16)5-6-12(11)17-9/h5-7,9H,3-4,8H2,1-2H3,(H2,13,15,16). The van der Waals surface area contributed by atoms with Crippen LogP contribution in [0.15, 0.2) is 23.1 Å². The highest BCUT2D eigenvalue weighted by Crippen LogP contribution is 2.35. The van der Waals surface area contributed by atoms with E-state index in [0.29, 0.717) is 0 Å². The number of ether oxygens (including phenoxy) is 1. The lowest BCUT2D eigenvalue weighted by Crippen LogP contribution is -2.39. The van der Waals surface area contributed by atoms with E-state index in [0.717, 1.165) is 30.9 Å². The van der Waals surface area contributed by atoms with Gasteiger partial charge in [0, 0.05) is 6.54 Å².